The number of likely N-dealkylation sites (tertiary alicyclic amines) is 1. The molecule has 9 nitrogen and oxygen atoms in total. The van der Waals surface area contributed by atoms with Gasteiger partial charge in [-0.25, -0.2) is 4.98 Å². The number of nitrogens with one attached hydrogen (secondary N) is 1. The molecule has 0 aliphatic carbocycles. The highest BCUT2D eigenvalue weighted by atomic mass is 16.5. The number of aromatic nitrogens is 3. The second kappa shape index (κ2) is 9.40. The second-order valence-corrected chi connectivity index (χ2v) is 9.13. The zero-order chi connectivity index (χ0) is 24.5. The Labute approximate surface area is 204 Å². The number of hydrogen-bond donors (Lipinski definition) is 1. The van der Waals surface area contributed by atoms with Gasteiger partial charge in [0.15, 0.2) is 0 Å². The number of fused-ring (bicyclic) bond motifs is 3. The Balaban J connectivity index is 1.64. The summed E-state index contributed by atoms with van der Waals surface area (Å²) in [6.07, 6.45) is 5.73. The lowest BCUT2D eigenvalue weighted by Crippen LogP contribution is -2.35. The maximum absolute atomic E-state index is 13.2. The maximum atomic E-state index is 13.2. The number of aryl methyl sites for hydroxylation is 1. The number of amides is 2. The number of carbonyl (C=O) groups is 2. The maximum Gasteiger partial charge on any atom is 0.258 e. The van der Waals surface area contributed by atoms with Gasteiger partial charge in [0.05, 0.1) is 23.6 Å². The molecule has 2 aromatic heterocycles. The van der Waals surface area contributed by atoms with Crippen molar-refractivity contribution in [3.8, 4) is 5.75 Å². The van der Waals surface area contributed by atoms with Crippen molar-refractivity contribution in [3.05, 3.63) is 54.4 Å². The first-order valence-electron chi connectivity index (χ1n) is 12.0. The highest BCUT2D eigenvalue weighted by Crippen LogP contribution is 2.41. The van der Waals surface area contributed by atoms with Crippen molar-refractivity contribution >= 4 is 34.5 Å². The molecular weight excluding hydrogens is 444 g/mol. The SMILES string of the molecule is C=CC(=O)N1CCCC[C@@H](n2c(NC(=O)c3ccnc(C)c3)nc3ccc4c(c32)N(C)CCO4)C1. The van der Waals surface area contributed by atoms with Crippen molar-refractivity contribution in [2.24, 2.45) is 0 Å². The number of likely N-dealkylation sites (N-methyl/N-ethyl adjacent to an activating group) is 1. The van der Waals surface area contributed by atoms with Gasteiger partial charge < -0.3 is 19.1 Å². The van der Waals surface area contributed by atoms with Crippen molar-refractivity contribution in [2.45, 2.75) is 32.2 Å². The minimum absolute atomic E-state index is 0.0669. The summed E-state index contributed by atoms with van der Waals surface area (Å²) in [4.78, 5) is 38.8. The third-order valence-electron chi connectivity index (χ3n) is 6.74. The van der Waals surface area contributed by atoms with E-state index in [0.717, 1.165) is 54.0 Å². The van der Waals surface area contributed by atoms with Crippen molar-refractivity contribution in [3.63, 3.8) is 0 Å². The van der Waals surface area contributed by atoms with E-state index in [9.17, 15) is 9.59 Å². The zero-order valence-electron chi connectivity index (χ0n) is 20.2. The van der Waals surface area contributed by atoms with Crippen LogP contribution in [-0.4, -0.2) is 64.5 Å². The summed E-state index contributed by atoms with van der Waals surface area (Å²) in [5, 5.41) is 3.04. The number of hydrogen-bond acceptors (Lipinski definition) is 6. The fourth-order valence-electron chi connectivity index (χ4n) is 5.01. The molecule has 9 heteroatoms. The van der Waals surface area contributed by atoms with Gasteiger partial charge in [0.2, 0.25) is 11.9 Å². The van der Waals surface area contributed by atoms with E-state index in [1.165, 1.54) is 6.08 Å². The standard InChI is InChI=1S/C26H30N6O3/c1-4-22(33)31-12-6-5-7-19(16-31)32-23-20(8-9-21-24(23)30(3)13-14-35-21)28-26(32)29-25(34)18-10-11-27-17(2)15-18/h4,8-11,15,19H,1,5-7,12-14,16H2,2-3H3,(H,28,29,34)/t19-/m1/s1. The third kappa shape index (κ3) is 4.34. The van der Waals surface area contributed by atoms with Gasteiger partial charge in [0, 0.05) is 37.6 Å². The van der Waals surface area contributed by atoms with Crippen LogP contribution in [0.25, 0.3) is 11.0 Å². The summed E-state index contributed by atoms with van der Waals surface area (Å²) >= 11 is 0. The predicted octanol–water partition coefficient (Wildman–Crippen LogP) is 3.56. The van der Waals surface area contributed by atoms with Gasteiger partial charge in [-0.2, -0.15) is 0 Å². The number of carbonyl (C=O) groups excluding carboxylic acids is 2. The molecule has 2 aliphatic rings. The average molecular weight is 475 g/mol. The van der Waals surface area contributed by atoms with Crippen LogP contribution >= 0.6 is 0 Å². The van der Waals surface area contributed by atoms with Crippen LogP contribution < -0.4 is 15.0 Å². The summed E-state index contributed by atoms with van der Waals surface area (Å²) in [6.45, 7) is 8.09. The van der Waals surface area contributed by atoms with E-state index in [-0.39, 0.29) is 17.9 Å². The first kappa shape index (κ1) is 22.9. The monoisotopic (exact) mass is 474 g/mol. The van der Waals surface area contributed by atoms with E-state index in [0.29, 0.717) is 31.2 Å². The highest BCUT2D eigenvalue weighted by molar-refractivity contribution is 6.05. The Hall–Kier alpha value is -3.88. The van der Waals surface area contributed by atoms with Crippen molar-refractivity contribution in [1.29, 1.82) is 0 Å². The Morgan fingerprint density at radius 1 is 1.23 bits per heavy atom. The van der Waals surface area contributed by atoms with Crippen LogP contribution in [0, 0.1) is 6.92 Å². The van der Waals surface area contributed by atoms with E-state index in [4.69, 9.17) is 9.72 Å². The summed E-state index contributed by atoms with van der Waals surface area (Å²) in [5.41, 5.74) is 3.91. The van der Waals surface area contributed by atoms with Crippen LogP contribution in [0.15, 0.2) is 43.1 Å². The fourth-order valence-corrected chi connectivity index (χ4v) is 5.01. The van der Waals surface area contributed by atoms with Crippen LogP contribution in [-0.2, 0) is 4.79 Å². The second-order valence-electron chi connectivity index (χ2n) is 9.13. The van der Waals surface area contributed by atoms with Crippen LogP contribution in [0.5, 0.6) is 5.75 Å². The lowest BCUT2D eigenvalue weighted by Gasteiger charge is -2.31. The van der Waals surface area contributed by atoms with Gasteiger partial charge in [0.25, 0.3) is 5.91 Å². The van der Waals surface area contributed by atoms with E-state index < -0.39 is 0 Å². The summed E-state index contributed by atoms with van der Waals surface area (Å²) < 4.78 is 8.06. The molecule has 3 aromatic rings. The molecule has 0 spiro atoms. The van der Waals surface area contributed by atoms with Crippen LogP contribution in [0.1, 0.15) is 41.4 Å². The first-order chi connectivity index (χ1) is 17.0. The van der Waals surface area contributed by atoms with Gasteiger partial charge in [-0.05, 0) is 56.5 Å². The Morgan fingerprint density at radius 3 is 2.89 bits per heavy atom. The van der Waals surface area contributed by atoms with Crippen molar-refractivity contribution in [2.75, 3.05) is 43.5 Å². The van der Waals surface area contributed by atoms with Gasteiger partial charge >= 0.3 is 0 Å². The Bertz CT molecular complexity index is 1300. The van der Waals surface area contributed by atoms with E-state index >= 15 is 0 Å². The molecule has 0 unspecified atom stereocenters. The van der Waals surface area contributed by atoms with Crippen LogP contribution in [0.4, 0.5) is 11.6 Å². The molecular formula is C26H30N6O3. The smallest absolute Gasteiger partial charge is 0.258 e. The fraction of sp³-hybridized carbons (Fsp3) is 0.385. The zero-order valence-corrected chi connectivity index (χ0v) is 20.2. The molecule has 1 atom stereocenters. The molecule has 35 heavy (non-hydrogen) atoms. The number of rotatable bonds is 4. The lowest BCUT2D eigenvalue weighted by atomic mass is 10.1. The number of pyridine rings is 1. The molecule has 1 aromatic carbocycles. The van der Waals surface area contributed by atoms with E-state index in [2.05, 4.69) is 26.3 Å². The molecule has 182 valence electrons. The van der Waals surface area contributed by atoms with Gasteiger partial charge in [-0.15, -0.1) is 0 Å². The normalized spacial score (nSPS) is 17.9. The average Bonchev–Trinajstić information content (AvgIpc) is 3.04. The molecule has 0 radical (unpaired) electrons. The highest BCUT2D eigenvalue weighted by Gasteiger charge is 2.30. The summed E-state index contributed by atoms with van der Waals surface area (Å²) in [5.74, 6) is 0.923. The quantitative estimate of drug-likeness (QED) is 0.582. The third-order valence-corrected chi connectivity index (χ3v) is 6.74. The molecule has 1 N–H and O–H groups in total. The topological polar surface area (TPSA) is 92.6 Å². The number of imidazole rings is 1. The first-order valence-corrected chi connectivity index (χ1v) is 12.0. The molecule has 0 bridgehead atoms. The minimum Gasteiger partial charge on any atom is -0.489 e. The van der Waals surface area contributed by atoms with Crippen LogP contribution in [0.3, 0.4) is 0 Å². The lowest BCUT2D eigenvalue weighted by molar-refractivity contribution is -0.126. The number of benzene rings is 1. The summed E-state index contributed by atoms with van der Waals surface area (Å²) in [7, 11) is 2.04. The summed E-state index contributed by atoms with van der Waals surface area (Å²) in [6, 6.07) is 7.24. The van der Waals surface area contributed by atoms with Crippen LogP contribution in [0.2, 0.25) is 0 Å². The molecule has 0 saturated carbocycles. The Morgan fingerprint density at radius 2 is 2.09 bits per heavy atom. The van der Waals surface area contributed by atoms with Crippen molar-refractivity contribution in [1.82, 2.24) is 19.4 Å². The number of nitrogens with zero attached hydrogens (tertiary/aromatic N) is 5. The van der Waals surface area contributed by atoms with Gasteiger partial charge in [0.1, 0.15) is 18.0 Å². The largest absolute Gasteiger partial charge is 0.489 e. The molecule has 4 heterocycles. The molecule has 2 amide bonds. The Kier molecular flexibility index (Phi) is 6.15. The predicted molar refractivity (Wildman–Crippen MR) is 135 cm³/mol. The van der Waals surface area contributed by atoms with Gasteiger partial charge in [-0.1, -0.05) is 6.58 Å². The van der Waals surface area contributed by atoms with Crippen molar-refractivity contribution < 1.29 is 14.3 Å². The van der Waals surface area contributed by atoms with Gasteiger partial charge in [-0.3, -0.25) is 19.9 Å². The molecule has 1 saturated heterocycles. The van der Waals surface area contributed by atoms with E-state index in [1.54, 1.807) is 18.3 Å². The number of ether oxygens (including phenoxy) is 1. The number of anilines is 2. The molecule has 5 rings (SSSR count). The molecule has 1 fully saturated rings. The minimum atomic E-state index is -0.252. The molecule has 2 aliphatic heterocycles. The van der Waals surface area contributed by atoms with E-state index in [1.807, 2.05) is 31.0 Å².